The minimum absolute atomic E-state index is 0.0280. The van der Waals surface area contributed by atoms with Crippen molar-refractivity contribution < 1.29 is 19.4 Å². The molecule has 1 N–H and O–H groups in total. The van der Waals surface area contributed by atoms with Crippen molar-refractivity contribution in [2.75, 3.05) is 27.2 Å². The maximum Gasteiger partial charge on any atom is 0.295 e. The lowest BCUT2D eigenvalue weighted by Crippen LogP contribution is -2.35. The summed E-state index contributed by atoms with van der Waals surface area (Å²) in [7, 11) is 3.84. The van der Waals surface area contributed by atoms with Crippen LogP contribution in [0.25, 0.3) is 5.76 Å². The van der Waals surface area contributed by atoms with Gasteiger partial charge in [0.05, 0.1) is 17.7 Å². The molecule has 2 aromatic rings. The SMILES string of the molecule is CC(C)Oc1ccc(C(O)=C2C(=O)C(=O)N(CCN(C)C)[C@H]2c2ccc(C(C)C)cc2)cc1. The molecule has 1 atom stereocenters. The van der Waals surface area contributed by atoms with Gasteiger partial charge >= 0.3 is 0 Å². The first-order valence-corrected chi connectivity index (χ1v) is 11.4. The number of Topliss-reactive ketones (excluding diaryl/α,β-unsaturated/α-hetero) is 1. The molecular weight excluding hydrogens is 416 g/mol. The molecule has 176 valence electrons. The van der Waals surface area contributed by atoms with Crippen molar-refractivity contribution in [3.63, 3.8) is 0 Å². The van der Waals surface area contributed by atoms with Gasteiger partial charge in [0.15, 0.2) is 0 Å². The summed E-state index contributed by atoms with van der Waals surface area (Å²) in [6, 6.07) is 14.2. The smallest absolute Gasteiger partial charge is 0.295 e. The third-order valence-corrected chi connectivity index (χ3v) is 5.75. The molecular formula is C27H34N2O4. The molecule has 0 unspecified atom stereocenters. The Morgan fingerprint density at radius 3 is 2.12 bits per heavy atom. The highest BCUT2D eigenvalue weighted by molar-refractivity contribution is 6.46. The van der Waals surface area contributed by atoms with Crippen molar-refractivity contribution in [1.82, 2.24) is 9.80 Å². The van der Waals surface area contributed by atoms with Crippen LogP contribution in [0.15, 0.2) is 54.1 Å². The predicted octanol–water partition coefficient (Wildman–Crippen LogP) is 4.58. The van der Waals surface area contributed by atoms with E-state index in [0.717, 1.165) is 5.56 Å². The standard InChI is InChI=1S/C27H34N2O4/c1-17(2)19-7-9-20(10-8-19)24-23(26(31)27(32)29(24)16-15-28(5)6)25(30)21-11-13-22(14-12-21)33-18(3)4/h7-14,17-18,24,30H,15-16H2,1-6H3/t24-/m0/s1. The van der Waals surface area contributed by atoms with Gasteiger partial charge in [-0.2, -0.15) is 0 Å². The van der Waals surface area contributed by atoms with Crippen molar-refractivity contribution >= 4 is 17.4 Å². The average molecular weight is 451 g/mol. The molecule has 1 aliphatic heterocycles. The molecule has 0 bridgehead atoms. The second kappa shape index (κ2) is 10.2. The zero-order valence-corrected chi connectivity index (χ0v) is 20.3. The average Bonchev–Trinajstić information content (AvgIpc) is 3.02. The molecule has 1 saturated heterocycles. The van der Waals surface area contributed by atoms with Gasteiger partial charge in [-0.3, -0.25) is 9.59 Å². The van der Waals surface area contributed by atoms with Crippen LogP contribution in [-0.4, -0.2) is 59.9 Å². The van der Waals surface area contributed by atoms with Crippen molar-refractivity contribution in [3.05, 3.63) is 70.8 Å². The number of hydrogen-bond donors (Lipinski definition) is 1. The summed E-state index contributed by atoms with van der Waals surface area (Å²) >= 11 is 0. The first-order valence-electron chi connectivity index (χ1n) is 11.4. The predicted molar refractivity (Wildman–Crippen MR) is 130 cm³/mol. The molecule has 33 heavy (non-hydrogen) atoms. The molecule has 0 spiro atoms. The Bertz CT molecular complexity index is 1020. The topological polar surface area (TPSA) is 70.1 Å². The summed E-state index contributed by atoms with van der Waals surface area (Å²) in [4.78, 5) is 29.6. The second-order valence-electron chi connectivity index (χ2n) is 9.31. The van der Waals surface area contributed by atoms with E-state index in [-0.39, 0.29) is 17.4 Å². The highest BCUT2D eigenvalue weighted by atomic mass is 16.5. The van der Waals surface area contributed by atoms with Gasteiger partial charge in [-0.05, 0) is 69.3 Å². The van der Waals surface area contributed by atoms with Gasteiger partial charge in [-0.1, -0.05) is 38.1 Å². The van der Waals surface area contributed by atoms with Crippen molar-refractivity contribution in [2.24, 2.45) is 0 Å². The number of hydrogen-bond acceptors (Lipinski definition) is 5. The lowest BCUT2D eigenvalue weighted by Gasteiger charge is -2.27. The van der Waals surface area contributed by atoms with Crippen LogP contribution in [0.3, 0.4) is 0 Å². The van der Waals surface area contributed by atoms with Gasteiger partial charge in [-0.25, -0.2) is 0 Å². The number of ether oxygens (including phenoxy) is 1. The van der Waals surface area contributed by atoms with E-state index in [1.165, 1.54) is 5.56 Å². The molecule has 3 rings (SSSR count). The van der Waals surface area contributed by atoms with Crippen molar-refractivity contribution in [3.8, 4) is 5.75 Å². The lowest BCUT2D eigenvalue weighted by atomic mass is 9.93. The summed E-state index contributed by atoms with van der Waals surface area (Å²) in [6.45, 7) is 9.10. The molecule has 1 aliphatic rings. The highest BCUT2D eigenvalue weighted by Gasteiger charge is 2.45. The summed E-state index contributed by atoms with van der Waals surface area (Å²) in [5.41, 5.74) is 2.57. The van der Waals surface area contributed by atoms with E-state index in [9.17, 15) is 14.7 Å². The number of likely N-dealkylation sites (tertiary alicyclic amines) is 1. The second-order valence-corrected chi connectivity index (χ2v) is 9.31. The zero-order valence-electron chi connectivity index (χ0n) is 20.3. The van der Waals surface area contributed by atoms with Crippen LogP contribution < -0.4 is 4.74 Å². The van der Waals surface area contributed by atoms with E-state index in [0.29, 0.717) is 30.3 Å². The van der Waals surface area contributed by atoms with Crippen LogP contribution in [0, 0.1) is 0 Å². The quantitative estimate of drug-likeness (QED) is 0.362. The molecule has 0 aliphatic carbocycles. The first kappa shape index (κ1) is 24.5. The summed E-state index contributed by atoms with van der Waals surface area (Å²) < 4.78 is 5.67. The van der Waals surface area contributed by atoms with E-state index < -0.39 is 17.7 Å². The Kier molecular flexibility index (Phi) is 7.59. The Hall–Kier alpha value is -3.12. The number of carbonyl (C=O) groups excluding carboxylic acids is 2. The molecule has 2 aromatic carbocycles. The van der Waals surface area contributed by atoms with Crippen LogP contribution in [0.5, 0.6) is 5.75 Å². The molecule has 1 fully saturated rings. The summed E-state index contributed by atoms with van der Waals surface area (Å²) in [6.07, 6.45) is 0.0280. The van der Waals surface area contributed by atoms with Gasteiger partial charge in [0.1, 0.15) is 11.5 Å². The molecule has 0 saturated carbocycles. The largest absolute Gasteiger partial charge is 0.507 e. The molecule has 6 nitrogen and oxygen atoms in total. The number of amides is 1. The molecule has 6 heteroatoms. The number of carbonyl (C=O) groups is 2. The van der Waals surface area contributed by atoms with E-state index in [1.807, 2.05) is 57.1 Å². The number of ketones is 1. The minimum Gasteiger partial charge on any atom is -0.507 e. The number of aliphatic hydroxyl groups is 1. The van der Waals surface area contributed by atoms with Crippen LogP contribution in [0.1, 0.15) is 56.3 Å². The van der Waals surface area contributed by atoms with Crippen molar-refractivity contribution in [2.45, 2.75) is 45.8 Å². The monoisotopic (exact) mass is 450 g/mol. The lowest BCUT2D eigenvalue weighted by molar-refractivity contribution is -0.140. The number of likely N-dealkylation sites (N-methyl/N-ethyl adjacent to an activating group) is 1. The number of benzene rings is 2. The van der Waals surface area contributed by atoms with Crippen molar-refractivity contribution in [1.29, 1.82) is 0 Å². The summed E-state index contributed by atoms with van der Waals surface area (Å²) in [5, 5.41) is 11.2. The van der Waals surface area contributed by atoms with Gasteiger partial charge in [0.25, 0.3) is 11.7 Å². The third-order valence-electron chi connectivity index (χ3n) is 5.75. The molecule has 0 radical (unpaired) electrons. The number of aliphatic hydroxyl groups excluding tert-OH is 1. The highest BCUT2D eigenvalue weighted by Crippen LogP contribution is 2.39. The fraction of sp³-hybridized carbons (Fsp3) is 0.407. The first-order chi connectivity index (χ1) is 15.6. The number of nitrogens with zero attached hydrogens (tertiary/aromatic N) is 2. The van der Waals surface area contributed by atoms with E-state index in [2.05, 4.69) is 13.8 Å². The molecule has 0 aromatic heterocycles. The van der Waals surface area contributed by atoms with Gasteiger partial charge in [-0.15, -0.1) is 0 Å². The normalized spacial score (nSPS) is 18.1. The fourth-order valence-electron chi connectivity index (χ4n) is 3.95. The van der Waals surface area contributed by atoms with E-state index in [1.54, 1.807) is 29.2 Å². The maximum atomic E-state index is 13.1. The number of rotatable bonds is 8. The van der Waals surface area contributed by atoms with E-state index in [4.69, 9.17) is 4.74 Å². The Labute approximate surface area is 196 Å². The fourth-order valence-corrected chi connectivity index (χ4v) is 3.95. The minimum atomic E-state index is -0.660. The maximum absolute atomic E-state index is 13.1. The van der Waals surface area contributed by atoms with Crippen LogP contribution >= 0.6 is 0 Å². The third kappa shape index (κ3) is 5.45. The zero-order chi connectivity index (χ0) is 24.3. The Balaban J connectivity index is 2.07. The van der Waals surface area contributed by atoms with Gasteiger partial charge in [0, 0.05) is 18.7 Å². The Morgan fingerprint density at radius 2 is 1.61 bits per heavy atom. The van der Waals surface area contributed by atoms with Gasteiger partial charge < -0.3 is 19.6 Å². The van der Waals surface area contributed by atoms with Crippen LogP contribution in [0.2, 0.25) is 0 Å². The summed E-state index contributed by atoms with van der Waals surface area (Å²) in [5.74, 6) is -0.378. The van der Waals surface area contributed by atoms with E-state index >= 15 is 0 Å². The van der Waals surface area contributed by atoms with Crippen LogP contribution in [-0.2, 0) is 9.59 Å². The van der Waals surface area contributed by atoms with Gasteiger partial charge in [0.2, 0.25) is 0 Å². The molecule has 1 amide bonds. The van der Waals surface area contributed by atoms with Crippen LogP contribution in [0.4, 0.5) is 0 Å². The Morgan fingerprint density at radius 1 is 1.00 bits per heavy atom. The molecule has 1 heterocycles.